The van der Waals surface area contributed by atoms with Crippen molar-refractivity contribution in [2.45, 2.75) is 38.8 Å². The first-order valence-electron chi connectivity index (χ1n) is 6.54. The van der Waals surface area contributed by atoms with Crippen molar-refractivity contribution in [2.24, 2.45) is 5.73 Å². The molecule has 0 aliphatic rings. The summed E-state index contributed by atoms with van der Waals surface area (Å²) in [4.78, 5) is 24.6. The molecule has 0 saturated carbocycles. The van der Waals surface area contributed by atoms with Gasteiger partial charge >= 0.3 is 5.97 Å². The van der Waals surface area contributed by atoms with Crippen LogP contribution in [0.1, 0.15) is 26.3 Å². The summed E-state index contributed by atoms with van der Waals surface area (Å²) in [5.74, 6) is -1.39. The Morgan fingerprint density at radius 2 is 1.80 bits per heavy atom. The van der Waals surface area contributed by atoms with Crippen LogP contribution in [0.2, 0.25) is 0 Å². The molecule has 1 rings (SSSR count). The van der Waals surface area contributed by atoms with Gasteiger partial charge in [0, 0.05) is 5.54 Å². The lowest BCUT2D eigenvalue weighted by atomic mass is 10.0. The van der Waals surface area contributed by atoms with Crippen molar-refractivity contribution in [3.05, 3.63) is 35.9 Å². The molecule has 0 spiro atoms. The molecule has 5 nitrogen and oxygen atoms in total. The summed E-state index contributed by atoms with van der Waals surface area (Å²) >= 11 is 0. The Balaban J connectivity index is 2.81. The van der Waals surface area contributed by atoms with E-state index in [9.17, 15) is 9.59 Å². The first kappa shape index (κ1) is 16.2. The van der Waals surface area contributed by atoms with E-state index in [1.54, 1.807) is 20.8 Å². The number of nitrogens with zero attached hydrogens (tertiary/aromatic N) is 1. The normalized spacial score (nSPS) is 12.8. The van der Waals surface area contributed by atoms with Gasteiger partial charge in [0.15, 0.2) is 0 Å². The lowest BCUT2D eigenvalue weighted by molar-refractivity contribution is -0.148. The Morgan fingerprint density at radius 1 is 1.25 bits per heavy atom. The summed E-state index contributed by atoms with van der Waals surface area (Å²) in [5.41, 5.74) is 6.31. The molecule has 0 saturated heterocycles. The maximum Gasteiger partial charge on any atom is 0.323 e. The van der Waals surface area contributed by atoms with E-state index in [4.69, 9.17) is 10.8 Å². The zero-order valence-corrected chi connectivity index (χ0v) is 12.2. The molecule has 0 aliphatic carbocycles. The molecule has 3 N–H and O–H groups in total. The lowest BCUT2D eigenvalue weighted by Crippen LogP contribution is -2.54. The van der Waals surface area contributed by atoms with E-state index in [1.807, 2.05) is 30.3 Å². The number of carboxylic acid groups (broad SMARTS) is 1. The van der Waals surface area contributed by atoms with Gasteiger partial charge in [-0.3, -0.25) is 9.59 Å². The van der Waals surface area contributed by atoms with Gasteiger partial charge in [-0.15, -0.1) is 0 Å². The molecule has 0 aromatic heterocycles. The van der Waals surface area contributed by atoms with Gasteiger partial charge in [-0.1, -0.05) is 30.3 Å². The third-order valence-corrected chi connectivity index (χ3v) is 2.98. The van der Waals surface area contributed by atoms with E-state index in [0.717, 1.165) is 5.56 Å². The SMILES string of the molecule is CC(C)(C)N(CC(=O)O)C(=O)[C@H](N)Cc1ccccc1. The van der Waals surface area contributed by atoms with E-state index in [2.05, 4.69) is 0 Å². The van der Waals surface area contributed by atoms with Crippen molar-refractivity contribution in [3.8, 4) is 0 Å². The number of aliphatic carboxylic acids is 1. The quantitative estimate of drug-likeness (QED) is 0.849. The minimum Gasteiger partial charge on any atom is -0.480 e. The van der Waals surface area contributed by atoms with E-state index in [0.29, 0.717) is 6.42 Å². The summed E-state index contributed by atoms with van der Waals surface area (Å²) in [5, 5.41) is 8.93. The van der Waals surface area contributed by atoms with E-state index in [-0.39, 0.29) is 12.5 Å². The third-order valence-electron chi connectivity index (χ3n) is 2.98. The largest absolute Gasteiger partial charge is 0.480 e. The third kappa shape index (κ3) is 4.66. The molecular formula is C15H22N2O3. The van der Waals surface area contributed by atoms with Gasteiger partial charge in [0.1, 0.15) is 6.54 Å². The number of nitrogens with two attached hydrogens (primary N) is 1. The van der Waals surface area contributed by atoms with Crippen LogP contribution >= 0.6 is 0 Å². The Hall–Kier alpha value is -1.88. The maximum atomic E-state index is 12.4. The zero-order valence-electron chi connectivity index (χ0n) is 12.2. The zero-order chi connectivity index (χ0) is 15.3. The number of hydrogen-bond acceptors (Lipinski definition) is 3. The second kappa shape index (κ2) is 6.52. The minimum atomic E-state index is -1.04. The van der Waals surface area contributed by atoms with Crippen molar-refractivity contribution < 1.29 is 14.7 Å². The molecule has 0 fully saturated rings. The first-order chi connectivity index (χ1) is 9.21. The van der Waals surface area contributed by atoms with E-state index in [1.165, 1.54) is 4.90 Å². The van der Waals surface area contributed by atoms with Crippen molar-refractivity contribution in [1.29, 1.82) is 0 Å². The molecule has 0 heterocycles. The number of carboxylic acids is 1. The second-order valence-corrected chi connectivity index (χ2v) is 5.79. The van der Waals surface area contributed by atoms with Crippen LogP contribution in [-0.2, 0) is 16.0 Å². The fraction of sp³-hybridized carbons (Fsp3) is 0.467. The summed E-state index contributed by atoms with van der Waals surface area (Å²) in [6.45, 7) is 5.04. The van der Waals surface area contributed by atoms with Crippen LogP contribution in [0.25, 0.3) is 0 Å². The number of carbonyl (C=O) groups excluding carboxylic acids is 1. The molecule has 1 aromatic carbocycles. The number of rotatable bonds is 5. The fourth-order valence-electron chi connectivity index (χ4n) is 1.94. The number of carbonyl (C=O) groups is 2. The summed E-state index contributed by atoms with van der Waals surface area (Å²) in [7, 11) is 0. The summed E-state index contributed by atoms with van der Waals surface area (Å²) in [6.07, 6.45) is 0.395. The molecule has 1 amide bonds. The summed E-state index contributed by atoms with van der Waals surface area (Å²) < 4.78 is 0. The second-order valence-electron chi connectivity index (χ2n) is 5.79. The number of benzene rings is 1. The van der Waals surface area contributed by atoms with Crippen LogP contribution < -0.4 is 5.73 Å². The Morgan fingerprint density at radius 3 is 2.25 bits per heavy atom. The molecule has 110 valence electrons. The van der Waals surface area contributed by atoms with Gasteiger partial charge in [-0.05, 0) is 32.8 Å². The molecular weight excluding hydrogens is 256 g/mol. The highest BCUT2D eigenvalue weighted by Crippen LogP contribution is 2.15. The van der Waals surface area contributed by atoms with Crippen LogP contribution in [-0.4, -0.2) is 40.0 Å². The van der Waals surface area contributed by atoms with Crippen LogP contribution in [0.4, 0.5) is 0 Å². The smallest absolute Gasteiger partial charge is 0.323 e. The van der Waals surface area contributed by atoms with Gasteiger partial charge < -0.3 is 15.7 Å². The maximum absolute atomic E-state index is 12.4. The van der Waals surface area contributed by atoms with Crippen LogP contribution in [0, 0.1) is 0 Å². The topological polar surface area (TPSA) is 83.6 Å². The van der Waals surface area contributed by atoms with Crippen molar-refractivity contribution in [3.63, 3.8) is 0 Å². The Kier molecular flexibility index (Phi) is 5.27. The fourth-order valence-corrected chi connectivity index (χ4v) is 1.94. The van der Waals surface area contributed by atoms with Gasteiger partial charge in [0.25, 0.3) is 0 Å². The van der Waals surface area contributed by atoms with Crippen molar-refractivity contribution in [2.75, 3.05) is 6.54 Å². The molecule has 0 bridgehead atoms. The monoisotopic (exact) mass is 278 g/mol. The van der Waals surface area contributed by atoms with Crippen LogP contribution in [0.5, 0.6) is 0 Å². The molecule has 0 radical (unpaired) electrons. The standard InChI is InChI=1S/C15H22N2O3/c1-15(2,3)17(10-13(18)19)14(20)12(16)9-11-7-5-4-6-8-11/h4-8,12H,9-10,16H2,1-3H3,(H,18,19)/t12-/m1/s1. The molecule has 0 unspecified atom stereocenters. The van der Waals surface area contributed by atoms with Crippen molar-refractivity contribution in [1.82, 2.24) is 4.90 Å². The van der Waals surface area contributed by atoms with Gasteiger partial charge in [-0.25, -0.2) is 0 Å². The highest BCUT2D eigenvalue weighted by atomic mass is 16.4. The molecule has 20 heavy (non-hydrogen) atoms. The average Bonchev–Trinajstić information content (AvgIpc) is 2.34. The highest BCUT2D eigenvalue weighted by molar-refractivity contribution is 5.86. The molecule has 0 aliphatic heterocycles. The first-order valence-corrected chi connectivity index (χ1v) is 6.54. The lowest BCUT2D eigenvalue weighted by Gasteiger charge is -2.36. The Labute approximate surface area is 119 Å². The molecule has 5 heteroatoms. The number of hydrogen-bond donors (Lipinski definition) is 2. The Bertz CT molecular complexity index is 466. The average molecular weight is 278 g/mol. The van der Waals surface area contributed by atoms with E-state index < -0.39 is 17.6 Å². The predicted octanol–water partition coefficient (Wildman–Crippen LogP) is 1.27. The molecule has 1 aromatic rings. The highest BCUT2D eigenvalue weighted by Gasteiger charge is 2.31. The predicted molar refractivity (Wildman–Crippen MR) is 77.2 cm³/mol. The minimum absolute atomic E-state index is 0.342. The van der Waals surface area contributed by atoms with Crippen LogP contribution in [0.15, 0.2) is 30.3 Å². The number of amides is 1. The van der Waals surface area contributed by atoms with Gasteiger partial charge in [-0.2, -0.15) is 0 Å². The van der Waals surface area contributed by atoms with Gasteiger partial charge in [0.2, 0.25) is 5.91 Å². The van der Waals surface area contributed by atoms with E-state index >= 15 is 0 Å². The van der Waals surface area contributed by atoms with Gasteiger partial charge in [0.05, 0.1) is 6.04 Å². The van der Waals surface area contributed by atoms with Crippen molar-refractivity contribution >= 4 is 11.9 Å². The summed E-state index contributed by atoms with van der Waals surface area (Å²) in [6, 6.07) is 8.70. The molecule has 1 atom stereocenters. The van der Waals surface area contributed by atoms with Crippen LogP contribution in [0.3, 0.4) is 0 Å².